The molecule has 26 heavy (non-hydrogen) atoms. The van der Waals surface area contributed by atoms with Crippen LogP contribution in [0.25, 0.3) is 0 Å². The summed E-state index contributed by atoms with van der Waals surface area (Å²) >= 11 is -0.268. The van der Waals surface area contributed by atoms with Gasteiger partial charge in [0.05, 0.1) is 0 Å². The number of amides is 1. The minimum atomic E-state index is -4.41. The molecule has 1 aromatic carbocycles. The van der Waals surface area contributed by atoms with E-state index < -0.39 is 11.4 Å². The number of halogens is 3. The summed E-state index contributed by atoms with van der Waals surface area (Å²) in [4.78, 5) is 12.2. The third-order valence-electron chi connectivity index (χ3n) is 4.20. The number of hydrogen-bond donors (Lipinski definition) is 1. The van der Waals surface area contributed by atoms with E-state index in [1.54, 1.807) is 0 Å². The first-order valence-corrected chi connectivity index (χ1v) is 9.23. The molecule has 5 nitrogen and oxygen atoms in total. The van der Waals surface area contributed by atoms with Crippen LogP contribution in [0.1, 0.15) is 60.7 Å². The molecule has 0 unspecified atom stereocenters. The number of carbonyl (C=O) groups excluding carboxylic acids is 1. The van der Waals surface area contributed by atoms with Gasteiger partial charge in [-0.2, -0.15) is 13.2 Å². The number of hydrogen-bond acceptors (Lipinski definition) is 5. The molecule has 0 radical (unpaired) electrons. The van der Waals surface area contributed by atoms with Crippen LogP contribution in [0.15, 0.2) is 33.6 Å². The lowest BCUT2D eigenvalue weighted by Gasteiger charge is -2.08. The van der Waals surface area contributed by atoms with Crippen LogP contribution in [0, 0.1) is 0 Å². The first-order valence-electron chi connectivity index (χ1n) is 8.41. The molecular weight excluding hydrogens is 367 g/mol. The van der Waals surface area contributed by atoms with E-state index in [0.29, 0.717) is 5.89 Å². The molecule has 0 spiro atoms. The van der Waals surface area contributed by atoms with E-state index in [9.17, 15) is 18.0 Å². The van der Waals surface area contributed by atoms with Gasteiger partial charge in [-0.3, -0.25) is 10.1 Å². The molecule has 0 bridgehead atoms. The molecule has 1 fully saturated rings. The van der Waals surface area contributed by atoms with Crippen molar-refractivity contribution in [2.45, 2.75) is 54.8 Å². The zero-order valence-electron chi connectivity index (χ0n) is 13.9. The van der Waals surface area contributed by atoms with Crippen molar-refractivity contribution in [3.63, 3.8) is 0 Å². The van der Waals surface area contributed by atoms with Crippen molar-refractivity contribution >= 4 is 23.7 Å². The fraction of sp³-hybridized carbons (Fsp3) is 0.471. The lowest BCUT2D eigenvalue weighted by Crippen LogP contribution is -2.12. The van der Waals surface area contributed by atoms with Gasteiger partial charge in [0.15, 0.2) is 0 Å². The highest BCUT2D eigenvalue weighted by Gasteiger charge is 2.29. The molecule has 9 heteroatoms. The Balaban J connectivity index is 1.66. The molecule has 140 valence electrons. The lowest BCUT2D eigenvalue weighted by molar-refractivity contribution is -0.0328. The number of nitrogens with zero attached hydrogens (tertiary/aromatic N) is 2. The Hall–Kier alpha value is -2.03. The molecule has 1 N–H and O–H groups in total. The van der Waals surface area contributed by atoms with Gasteiger partial charge in [-0.15, -0.1) is 5.10 Å². The van der Waals surface area contributed by atoms with E-state index in [-0.39, 0.29) is 34.2 Å². The normalized spacial score (nSPS) is 16.3. The number of rotatable bonds is 4. The van der Waals surface area contributed by atoms with Crippen LogP contribution < -0.4 is 5.32 Å². The number of aromatic nitrogens is 2. The maximum atomic E-state index is 12.5. The van der Waals surface area contributed by atoms with Gasteiger partial charge >= 0.3 is 11.5 Å². The third kappa shape index (κ3) is 5.23. The molecule has 1 aliphatic rings. The molecule has 0 aliphatic heterocycles. The predicted molar refractivity (Wildman–Crippen MR) is 91.0 cm³/mol. The molecule has 2 aromatic rings. The molecule has 1 saturated carbocycles. The van der Waals surface area contributed by atoms with Crippen LogP contribution in [0.4, 0.5) is 19.2 Å². The number of benzene rings is 1. The molecule has 1 aliphatic carbocycles. The summed E-state index contributed by atoms with van der Waals surface area (Å²) < 4.78 is 42.9. The van der Waals surface area contributed by atoms with Crippen molar-refractivity contribution in [3.05, 3.63) is 35.7 Å². The molecule has 1 heterocycles. The Bertz CT molecular complexity index is 756. The largest absolute Gasteiger partial charge is 0.446 e. The van der Waals surface area contributed by atoms with Gasteiger partial charge in [0, 0.05) is 16.4 Å². The lowest BCUT2D eigenvalue weighted by atomic mass is 10.0. The number of anilines is 1. The van der Waals surface area contributed by atoms with Crippen LogP contribution in [0.2, 0.25) is 0 Å². The van der Waals surface area contributed by atoms with Crippen LogP contribution in [-0.4, -0.2) is 21.6 Å². The Morgan fingerprint density at radius 1 is 1.15 bits per heavy atom. The summed E-state index contributed by atoms with van der Waals surface area (Å²) in [5.74, 6) is 0.108. The summed E-state index contributed by atoms with van der Waals surface area (Å²) in [6.07, 6.45) is 6.57. The average molecular weight is 385 g/mol. The van der Waals surface area contributed by atoms with E-state index >= 15 is 0 Å². The highest BCUT2D eigenvalue weighted by Crippen LogP contribution is 2.37. The number of alkyl halides is 3. The van der Waals surface area contributed by atoms with Gasteiger partial charge < -0.3 is 4.42 Å². The van der Waals surface area contributed by atoms with Crippen LogP contribution in [0.3, 0.4) is 0 Å². The molecule has 0 saturated heterocycles. The summed E-state index contributed by atoms with van der Waals surface area (Å²) in [5, 5.41) is 10.3. The van der Waals surface area contributed by atoms with E-state index in [4.69, 9.17) is 4.42 Å². The standard InChI is InChI=1S/C17H18F3N3O2S/c18-17(19,20)26-13-9-5-8-12(10-13)14(24)21-16-23-22-15(25-16)11-6-3-1-2-4-7-11/h5,8-11H,1-4,6-7H2,(H,21,23,24). The maximum Gasteiger partial charge on any atom is 0.446 e. The summed E-state index contributed by atoms with van der Waals surface area (Å²) in [6.45, 7) is 0. The second kappa shape index (κ2) is 8.11. The molecule has 1 amide bonds. The third-order valence-corrected chi connectivity index (χ3v) is 4.92. The van der Waals surface area contributed by atoms with Crippen molar-refractivity contribution in [3.8, 4) is 0 Å². The van der Waals surface area contributed by atoms with Gasteiger partial charge in [0.1, 0.15) is 0 Å². The van der Waals surface area contributed by atoms with E-state index in [2.05, 4.69) is 15.5 Å². The topological polar surface area (TPSA) is 68.0 Å². The highest BCUT2D eigenvalue weighted by atomic mass is 32.2. The quantitative estimate of drug-likeness (QED) is 0.566. The Morgan fingerprint density at radius 3 is 2.58 bits per heavy atom. The average Bonchev–Trinajstić information content (AvgIpc) is 2.87. The Morgan fingerprint density at radius 2 is 1.88 bits per heavy atom. The first kappa shape index (κ1) is 18.8. The van der Waals surface area contributed by atoms with Gasteiger partial charge in [-0.1, -0.05) is 36.8 Å². The summed E-state index contributed by atoms with van der Waals surface area (Å²) in [6, 6.07) is 5.26. The van der Waals surface area contributed by atoms with E-state index in [1.807, 2.05) is 0 Å². The summed E-state index contributed by atoms with van der Waals surface area (Å²) in [5.41, 5.74) is -4.32. The molecule has 1 aromatic heterocycles. The smallest absolute Gasteiger partial charge is 0.408 e. The maximum absolute atomic E-state index is 12.5. The monoisotopic (exact) mass is 385 g/mol. The Kier molecular flexibility index (Phi) is 5.85. The fourth-order valence-electron chi connectivity index (χ4n) is 2.98. The Labute approximate surface area is 152 Å². The second-order valence-corrected chi connectivity index (χ2v) is 7.30. The summed E-state index contributed by atoms with van der Waals surface area (Å²) in [7, 11) is 0. The zero-order valence-corrected chi connectivity index (χ0v) is 14.7. The van der Waals surface area contributed by atoms with Crippen molar-refractivity contribution in [2.24, 2.45) is 0 Å². The van der Waals surface area contributed by atoms with Crippen LogP contribution >= 0.6 is 11.8 Å². The van der Waals surface area contributed by atoms with Crippen molar-refractivity contribution < 1.29 is 22.4 Å². The van der Waals surface area contributed by atoms with Crippen molar-refractivity contribution in [1.82, 2.24) is 10.2 Å². The minimum absolute atomic E-state index is 0.0388. The van der Waals surface area contributed by atoms with E-state index in [0.717, 1.165) is 25.7 Å². The number of carbonyl (C=O) groups is 1. The van der Waals surface area contributed by atoms with Crippen LogP contribution in [0.5, 0.6) is 0 Å². The highest BCUT2D eigenvalue weighted by molar-refractivity contribution is 8.00. The molecular formula is C17H18F3N3O2S. The van der Waals surface area contributed by atoms with E-state index in [1.165, 1.54) is 37.1 Å². The van der Waals surface area contributed by atoms with Gasteiger partial charge in [0.25, 0.3) is 5.91 Å². The molecule has 0 atom stereocenters. The number of nitrogens with one attached hydrogen (secondary N) is 1. The fourth-order valence-corrected chi connectivity index (χ4v) is 3.58. The van der Waals surface area contributed by atoms with Gasteiger partial charge in [0.2, 0.25) is 5.89 Å². The van der Waals surface area contributed by atoms with Crippen molar-refractivity contribution in [1.29, 1.82) is 0 Å². The van der Waals surface area contributed by atoms with Crippen molar-refractivity contribution in [2.75, 3.05) is 5.32 Å². The SMILES string of the molecule is O=C(Nc1nnc(C2CCCCCC2)o1)c1cccc(SC(F)(F)F)c1. The van der Waals surface area contributed by atoms with Gasteiger partial charge in [-0.25, -0.2) is 0 Å². The predicted octanol–water partition coefficient (Wildman–Crippen LogP) is 5.37. The van der Waals surface area contributed by atoms with Gasteiger partial charge in [-0.05, 0) is 42.8 Å². The number of thioether (sulfide) groups is 1. The first-order chi connectivity index (χ1) is 12.4. The second-order valence-electron chi connectivity index (χ2n) is 6.16. The van der Waals surface area contributed by atoms with Crippen LogP contribution in [-0.2, 0) is 0 Å². The molecule has 3 rings (SSSR count). The minimum Gasteiger partial charge on any atom is -0.408 e. The zero-order chi connectivity index (χ0) is 18.6.